The number of hydrogen-bond donors (Lipinski definition) is 0. The lowest BCUT2D eigenvalue weighted by atomic mass is 10.1. The molecule has 2 aromatic carbocycles. The number of rotatable bonds is 3. The molecule has 0 atom stereocenters. The highest BCUT2D eigenvalue weighted by Gasteiger charge is 1.95. The minimum atomic E-state index is 0.125. The third-order valence-electron chi connectivity index (χ3n) is 3.41. The molecule has 0 aromatic heterocycles. The SMILES string of the molecule is C/C=C\C=C/C.CC(=O)c1ccc(C)cc1.CC(=O)c1ccc(C)cc1. The lowest BCUT2D eigenvalue weighted by Gasteiger charge is -1.94. The first-order chi connectivity index (χ1) is 12.3. The molecular weight excluding hydrogens is 320 g/mol. The van der Waals surface area contributed by atoms with Gasteiger partial charge in [-0.25, -0.2) is 0 Å². The molecule has 0 fully saturated rings. The fraction of sp³-hybridized carbons (Fsp3) is 0.250. The molecule has 0 bridgehead atoms. The van der Waals surface area contributed by atoms with Gasteiger partial charge in [-0.2, -0.15) is 0 Å². The Morgan fingerprint density at radius 3 is 1.08 bits per heavy atom. The first-order valence-electron chi connectivity index (χ1n) is 8.71. The maximum atomic E-state index is 10.8. The predicted molar refractivity (Wildman–Crippen MR) is 112 cm³/mol. The van der Waals surface area contributed by atoms with Crippen LogP contribution >= 0.6 is 0 Å². The van der Waals surface area contributed by atoms with Crippen LogP contribution in [0.1, 0.15) is 59.5 Å². The van der Waals surface area contributed by atoms with Crippen LogP contribution < -0.4 is 0 Å². The fourth-order valence-electron chi connectivity index (χ4n) is 1.80. The smallest absolute Gasteiger partial charge is 0.159 e. The van der Waals surface area contributed by atoms with E-state index in [4.69, 9.17) is 0 Å². The largest absolute Gasteiger partial charge is 0.295 e. The molecule has 2 nitrogen and oxygen atoms in total. The summed E-state index contributed by atoms with van der Waals surface area (Å²) in [7, 11) is 0. The Labute approximate surface area is 158 Å². The zero-order valence-electron chi connectivity index (χ0n) is 16.7. The van der Waals surface area contributed by atoms with E-state index in [9.17, 15) is 9.59 Å². The molecule has 0 radical (unpaired) electrons. The van der Waals surface area contributed by atoms with E-state index in [1.165, 1.54) is 11.1 Å². The van der Waals surface area contributed by atoms with Gasteiger partial charge in [0, 0.05) is 11.1 Å². The quantitative estimate of drug-likeness (QED) is 0.465. The average molecular weight is 351 g/mol. The molecule has 0 aliphatic rings. The molecule has 2 aromatic rings. The third-order valence-corrected chi connectivity index (χ3v) is 3.41. The van der Waals surface area contributed by atoms with Gasteiger partial charge < -0.3 is 0 Å². The van der Waals surface area contributed by atoms with Gasteiger partial charge >= 0.3 is 0 Å². The molecule has 0 heterocycles. The minimum Gasteiger partial charge on any atom is -0.295 e. The third kappa shape index (κ3) is 10.9. The standard InChI is InChI=1S/2C9H10O.C6H10/c2*1-7-3-5-9(6-4-7)8(2)10;1-3-5-6-4-2/h2*3-6H,1-2H3;3-6H,1-2H3/b;;5-3-,6-4-. The summed E-state index contributed by atoms with van der Waals surface area (Å²) in [5, 5.41) is 0. The second kappa shape index (κ2) is 13.5. The van der Waals surface area contributed by atoms with Crippen molar-refractivity contribution in [1.82, 2.24) is 0 Å². The summed E-state index contributed by atoms with van der Waals surface area (Å²) in [6.45, 7) is 11.2. The van der Waals surface area contributed by atoms with Crippen LogP contribution in [0.2, 0.25) is 0 Å². The first kappa shape index (κ1) is 23.3. The van der Waals surface area contributed by atoms with Crippen LogP contribution in [0, 0.1) is 13.8 Å². The molecule has 0 unspecified atom stereocenters. The second-order valence-corrected chi connectivity index (χ2v) is 5.90. The molecule has 2 rings (SSSR count). The number of carbonyl (C=O) groups excluding carboxylic acids is 2. The van der Waals surface area contributed by atoms with Gasteiger partial charge in [0.2, 0.25) is 0 Å². The van der Waals surface area contributed by atoms with Crippen molar-refractivity contribution in [2.24, 2.45) is 0 Å². The molecule has 0 spiro atoms. The predicted octanol–water partition coefficient (Wildman–Crippen LogP) is 6.53. The van der Waals surface area contributed by atoms with E-state index in [1.54, 1.807) is 13.8 Å². The fourth-order valence-corrected chi connectivity index (χ4v) is 1.80. The normalized spacial score (nSPS) is 9.92. The Hall–Kier alpha value is -2.74. The number of benzene rings is 2. The van der Waals surface area contributed by atoms with Crippen LogP contribution in [-0.4, -0.2) is 11.6 Å². The van der Waals surface area contributed by atoms with E-state index in [1.807, 2.05) is 101 Å². The summed E-state index contributed by atoms with van der Waals surface area (Å²) in [5.41, 5.74) is 3.94. The van der Waals surface area contributed by atoms with Crippen molar-refractivity contribution >= 4 is 11.6 Å². The maximum Gasteiger partial charge on any atom is 0.159 e. The van der Waals surface area contributed by atoms with Crippen LogP contribution in [0.3, 0.4) is 0 Å². The highest BCUT2D eigenvalue weighted by Crippen LogP contribution is 2.03. The van der Waals surface area contributed by atoms with Gasteiger partial charge in [-0.05, 0) is 41.5 Å². The Morgan fingerprint density at radius 1 is 0.615 bits per heavy atom. The number of aryl methyl sites for hydroxylation is 2. The molecular formula is C24H30O2. The molecule has 0 aliphatic carbocycles. The minimum absolute atomic E-state index is 0.125. The van der Waals surface area contributed by atoms with Crippen molar-refractivity contribution in [1.29, 1.82) is 0 Å². The topological polar surface area (TPSA) is 34.1 Å². The molecule has 0 N–H and O–H groups in total. The van der Waals surface area contributed by atoms with Crippen molar-refractivity contribution in [2.75, 3.05) is 0 Å². The van der Waals surface area contributed by atoms with Gasteiger partial charge in [0.05, 0.1) is 0 Å². The summed E-state index contributed by atoms with van der Waals surface area (Å²) in [6, 6.07) is 15.1. The lowest BCUT2D eigenvalue weighted by molar-refractivity contribution is 0.100. The monoisotopic (exact) mass is 350 g/mol. The summed E-state index contributed by atoms with van der Waals surface area (Å²) < 4.78 is 0. The second-order valence-electron chi connectivity index (χ2n) is 5.90. The van der Waals surface area contributed by atoms with Crippen LogP contribution in [0.15, 0.2) is 72.8 Å². The molecule has 26 heavy (non-hydrogen) atoms. The van der Waals surface area contributed by atoms with Crippen LogP contribution in [0.5, 0.6) is 0 Å². The Bertz CT molecular complexity index is 652. The molecule has 138 valence electrons. The van der Waals surface area contributed by atoms with Crippen LogP contribution in [0.4, 0.5) is 0 Å². The molecule has 0 aliphatic heterocycles. The number of Topliss-reactive ketones (excluding diaryl/α,β-unsaturated/α-hetero) is 2. The zero-order valence-corrected chi connectivity index (χ0v) is 16.7. The van der Waals surface area contributed by atoms with Gasteiger partial charge in [0.15, 0.2) is 11.6 Å². The summed E-state index contributed by atoms with van der Waals surface area (Å²) in [6.07, 6.45) is 8.00. The number of carbonyl (C=O) groups is 2. The van der Waals surface area contributed by atoms with Crippen molar-refractivity contribution in [3.8, 4) is 0 Å². The van der Waals surface area contributed by atoms with Crippen LogP contribution in [0.25, 0.3) is 0 Å². The summed E-state index contributed by atoms with van der Waals surface area (Å²) in [4.78, 5) is 21.5. The van der Waals surface area contributed by atoms with E-state index < -0.39 is 0 Å². The van der Waals surface area contributed by atoms with Gasteiger partial charge in [0.25, 0.3) is 0 Å². The number of allylic oxidation sites excluding steroid dienone is 4. The summed E-state index contributed by atoms with van der Waals surface area (Å²) in [5.74, 6) is 0.250. The van der Waals surface area contributed by atoms with Crippen molar-refractivity contribution < 1.29 is 9.59 Å². The number of hydrogen-bond acceptors (Lipinski definition) is 2. The average Bonchev–Trinajstić information content (AvgIpc) is 2.62. The zero-order chi connectivity index (χ0) is 19.9. The van der Waals surface area contributed by atoms with Gasteiger partial charge in [-0.15, -0.1) is 0 Å². The van der Waals surface area contributed by atoms with Crippen LogP contribution in [-0.2, 0) is 0 Å². The highest BCUT2D eigenvalue weighted by molar-refractivity contribution is 5.94. The van der Waals surface area contributed by atoms with Crippen molar-refractivity contribution in [2.45, 2.75) is 41.5 Å². The Morgan fingerprint density at radius 2 is 0.885 bits per heavy atom. The van der Waals surface area contributed by atoms with E-state index in [2.05, 4.69) is 0 Å². The Balaban J connectivity index is 0.000000375. The van der Waals surface area contributed by atoms with E-state index in [-0.39, 0.29) is 11.6 Å². The molecule has 0 saturated carbocycles. The van der Waals surface area contributed by atoms with Crippen molar-refractivity contribution in [3.05, 3.63) is 95.1 Å². The van der Waals surface area contributed by atoms with Gasteiger partial charge in [-0.3, -0.25) is 9.59 Å². The van der Waals surface area contributed by atoms with E-state index >= 15 is 0 Å². The maximum absolute atomic E-state index is 10.8. The van der Waals surface area contributed by atoms with Crippen molar-refractivity contribution in [3.63, 3.8) is 0 Å². The first-order valence-corrected chi connectivity index (χ1v) is 8.71. The highest BCUT2D eigenvalue weighted by atomic mass is 16.1. The van der Waals surface area contributed by atoms with E-state index in [0.29, 0.717) is 0 Å². The molecule has 0 amide bonds. The van der Waals surface area contributed by atoms with Gasteiger partial charge in [-0.1, -0.05) is 84.0 Å². The van der Waals surface area contributed by atoms with E-state index in [0.717, 1.165) is 11.1 Å². The number of ketones is 2. The molecule has 2 heteroatoms. The Kier molecular flexibility index (Phi) is 12.1. The lowest BCUT2D eigenvalue weighted by Crippen LogP contribution is -1.90. The molecule has 0 saturated heterocycles. The van der Waals surface area contributed by atoms with Gasteiger partial charge in [0.1, 0.15) is 0 Å². The summed E-state index contributed by atoms with van der Waals surface area (Å²) >= 11 is 0.